The second-order valence-electron chi connectivity index (χ2n) is 6.11. The van der Waals surface area contributed by atoms with Gasteiger partial charge in [-0.2, -0.15) is 13.2 Å². The van der Waals surface area contributed by atoms with Gasteiger partial charge < -0.3 is 4.90 Å². The number of alkyl halides is 3. The smallest absolute Gasteiger partial charge is 0.336 e. The number of carbonyl (C=O) groups is 1. The topological polar surface area (TPSA) is 23.6 Å². The molecule has 2 fully saturated rings. The zero-order valence-electron chi connectivity index (χ0n) is 12.3. The molecule has 3 nitrogen and oxygen atoms in total. The highest BCUT2D eigenvalue weighted by Gasteiger charge is 2.31. The van der Waals surface area contributed by atoms with Gasteiger partial charge in [-0.15, -0.1) is 0 Å². The van der Waals surface area contributed by atoms with Gasteiger partial charge in [-0.1, -0.05) is 0 Å². The van der Waals surface area contributed by atoms with Crippen LogP contribution in [0.4, 0.5) is 13.2 Å². The lowest BCUT2D eigenvalue weighted by Gasteiger charge is -2.34. The van der Waals surface area contributed by atoms with Gasteiger partial charge in [0, 0.05) is 38.3 Å². The minimum atomic E-state index is -4.37. The third kappa shape index (κ3) is 3.61. The molecule has 1 saturated heterocycles. The lowest BCUT2D eigenvalue weighted by molar-refractivity contribution is -0.137. The van der Waals surface area contributed by atoms with Crippen molar-refractivity contribution < 1.29 is 18.0 Å². The van der Waals surface area contributed by atoms with Gasteiger partial charge >= 0.3 is 6.18 Å². The number of hydrogen-bond acceptors (Lipinski definition) is 2. The summed E-state index contributed by atoms with van der Waals surface area (Å²) in [7, 11) is 0. The molecule has 120 valence electrons. The highest BCUT2D eigenvalue weighted by atomic mass is 19.4. The van der Waals surface area contributed by atoms with E-state index < -0.39 is 11.7 Å². The van der Waals surface area contributed by atoms with E-state index in [9.17, 15) is 18.0 Å². The first-order valence-corrected chi connectivity index (χ1v) is 7.62. The van der Waals surface area contributed by atoms with Crippen molar-refractivity contribution in [1.82, 2.24) is 9.80 Å². The average molecular weight is 312 g/mol. The van der Waals surface area contributed by atoms with E-state index in [-0.39, 0.29) is 5.91 Å². The minimum Gasteiger partial charge on any atom is -0.336 e. The van der Waals surface area contributed by atoms with Gasteiger partial charge in [0.25, 0.3) is 5.91 Å². The van der Waals surface area contributed by atoms with E-state index in [0.717, 1.165) is 37.7 Å². The quantitative estimate of drug-likeness (QED) is 0.857. The van der Waals surface area contributed by atoms with Crippen molar-refractivity contribution in [3.05, 3.63) is 35.4 Å². The van der Waals surface area contributed by atoms with E-state index in [1.54, 1.807) is 4.90 Å². The number of hydrogen-bond donors (Lipinski definition) is 0. The molecule has 3 rings (SSSR count). The molecule has 22 heavy (non-hydrogen) atoms. The molecule has 1 amide bonds. The van der Waals surface area contributed by atoms with Crippen molar-refractivity contribution in [3.63, 3.8) is 0 Å². The molecule has 0 aromatic heterocycles. The van der Waals surface area contributed by atoms with Crippen LogP contribution in [-0.2, 0) is 6.18 Å². The Morgan fingerprint density at radius 2 is 1.64 bits per heavy atom. The Bertz CT molecular complexity index is 529. The summed E-state index contributed by atoms with van der Waals surface area (Å²) in [6.45, 7) is 4.10. The maximum absolute atomic E-state index is 12.5. The Hall–Kier alpha value is -1.56. The van der Waals surface area contributed by atoms with Gasteiger partial charge in [-0.05, 0) is 43.0 Å². The number of rotatable bonds is 3. The van der Waals surface area contributed by atoms with Crippen LogP contribution in [0.1, 0.15) is 28.8 Å². The van der Waals surface area contributed by atoms with E-state index in [2.05, 4.69) is 4.90 Å². The standard InChI is InChI=1S/C16H19F3N2O/c17-16(18,19)14-5-3-13(4-6-14)15(22)21-9-7-20(8-10-21)11-12-1-2-12/h3-6,12H,1-2,7-11H2. The van der Waals surface area contributed by atoms with Crippen LogP contribution in [0, 0.1) is 5.92 Å². The molecule has 1 saturated carbocycles. The van der Waals surface area contributed by atoms with E-state index in [4.69, 9.17) is 0 Å². The van der Waals surface area contributed by atoms with Crippen LogP contribution in [0.2, 0.25) is 0 Å². The van der Waals surface area contributed by atoms with Crippen molar-refractivity contribution in [3.8, 4) is 0 Å². The first-order chi connectivity index (χ1) is 10.4. The lowest BCUT2D eigenvalue weighted by atomic mass is 10.1. The molecule has 0 atom stereocenters. The van der Waals surface area contributed by atoms with Gasteiger partial charge in [0.2, 0.25) is 0 Å². The summed E-state index contributed by atoms with van der Waals surface area (Å²) in [4.78, 5) is 16.4. The van der Waals surface area contributed by atoms with E-state index in [1.807, 2.05) is 0 Å². The van der Waals surface area contributed by atoms with E-state index >= 15 is 0 Å². The zero-order chi connectivity index (χ0) is 15.7. The average Bonchev–Trinajstić information content (AvgIpc) is 3.31. The Morgan fingerprint density at radius 1 is 1.05 bits per heavy atom. The molecule has 6 heteroatoms. The van der Waals surface area contributed by atoms with Crippen molar-refractivity contribution >= 4 is 5.91 Å². The maximum atomic E-state index is 12.5. The van der Waals surface area contributed by atoms with Gasteiger partial charge in [0.05, 0.1) is 5.56 Å². The first kappa shape index (κ1) is 15.3. The van der Waals surface area contributed by atoms with Gasteiger partial charge in [0.15, 0.2) is 0 Å². The lowest BCUT2D eigenvalue weighted by Crippen LogP contribution is -2.49. The van der Waals surface area contributed by atoms with Crippen LogP contribution < -0.4 is 0 Å². The van der Waals surface area contributed by atoms with Crippen molar-refractivity contribution in [1.29, 1.82) is 0 Å². The van der Waals surface area contributed by atoms with Crippen molar-refractivity contribution in [2.24, 2.45) is 5.92 Å². The molecular weight excluding hydrogens is 293 g/mol. The minimum absolute atomic E-state index is 0.181. The maximum Gasteiger partial charge on any atom is 0.416 e. The first-order valence-electron chi connectivity index (χ1n) is 7.62. The molecule has 0 unspecified atom stereocenters. The monoisotopic (exact) mass is 312 g/mol. The number of carbonyl (C=O) groups excluding carboxylic acids is 1. The molecular formula is C16H19F3N2O. The predicted molar refractivity (Wildman–Crippen MR) is 76.5 cm³/mol. The highest BCUT2D eigenvalue weighted by Crippen LogP contribution is 2.30. The fourth-order valence-electron chi connectivity index (χ4n) is 2.78. The van der Waals surface area contributed by atoms with Crippen LogP contribution >= 0.6 is 0 Å². The molecule has 0 spiro atoms. The number of benzene rings is 1. The molecule has 2 aliphatic rings. The zero-order valence-corrected chi connectivity index (χ0v) is 12.3. The Labute approximate surface area is 127 Å². The molecule has 0 N–H and O–H groups in total. The Balaban J connectivity index is 1.57. The summed E-state index contributed by atoms with van der Waals surface area (Å²) in [5, 5.41) is 0. The molecule has 0 bridgehead atoms. The molecule has 1 aliphatic carbocycles. The predicted octanol–water partition coefficient (Wildman–Crippen LogP) is 2.87. The summed E-state index contributed by atoms with van der Waals surface area (Å²) in [6, 6.07) is 4.47. The summed E-state index contributed by atoms with van der Waals surface area (Å²) < 4.78 is 37.6. The largest absolute Gasteiger partial charge is 0.416 e. The van der Waals surface area contributed by atoms with Crippen LogP contribution in [0.3, 0.4) is 0 Å². The molecule has 1 aliphatic heterocycles. The number of piperazine rings is 1. The van der Waals surface area contributed by atoms with E-state index in [1.165, 1.54) is 25.0 Å². The normalized spacial score (nSPS) is 20.2. The third-order valence-electron chi connectivity index (χ3n) is 4.33. The SMILES string of the molecule is O=C(c1ccc(C(F)(F)F)cc1)N1CCN(CC2CC2)CC1. The molecule has 1 aromatic carbocycles. The number of halogens is 3. The van der Waals surface area contributed by atoms with Crippen molar-refractivity contribution in [2.75, 3.05) is 32.7 Å². The summed E-state index contributed by atoms with van der Waals surface area (Å²) >= 11 is 0. The van der Waals surface area contributed by atoms with Crippen LogP contribution in [0.15, 0.2) is 24.3 Å². The van der Waals surface area contributed by atoms with Crippen molar-refractivity contribution in [2.45, 2.75) is 19.0 Å². The van der Waals surface area contributed by atoms with Gasteiger partial charge in [0.1, 0.15) is 0 Å². The Morgan fingerprint density at radius 3 is 2.14 bits per heavy atom. The fourth-order valence-corrected chi connectivity index (χ4v) is 2.78. The summed E-state index contributed by atoms with van der Waals surface area (Å²) in [5.41, 5.74) is -0.401. The molecule has 1 aromatic rings. The van der Waals surface area contributed by atoms with E-state index in [0.29, 0.717) is 18.7 Å². The second kappa shape index (κ2) is 5.91. The van der Waals surface area contributed by atoms with Gasteiger partial charge in [-0.25, -0.2) is 0 Å². The summed E-state index contributed by atoms with van der Waals surface area (Å²) in [6.07, 6.45) is -1.74. The third-order valence-corrected chi connectivity index (χ3v) is 4.33. The number of amides is 1. The Kier molecular flexibility index (Phi) is 4.12. The second-order valence-corrected chi connectivity index (χ2v) is 6.11. The highest BCUT2D eigenvalue weighted by molar-refractivity contribution is 5.94. The van der Waals surface area contributed by atoms with Gasteiger partial charge in [-0.3, -0.25) is 9.69 Å². The molecule has 0 radical (unpaired) electrons. The molecule has 1 heterocycles. The fraction of sp³-hybridized carbons (Fsp3) is 0.562. The summed E-state index contributed by atoms with van der Waals surface area (Å²) in [5.74, 6) is 0.650. The van der Waals surface area contributed by atoms with Crippen LogP contribution in [0.25, 0.3) is 0 Å². The van der Waals surface area contributed by atoms with Crippen LogP contribution in [-0.4, -0.2) is 48.4 Å². The number of nitrogens with zero attached hydrogens (tertiary/aromatic N) is 2. The van der Waals surface area contributed by atoms with Crippen LogP contribution in [0.5, 0.6) is 0 Å².